The monoisotopic (exact) mass is 317 g/mol. The van der Waals surface area contributed by atoms with E-state index >= 15 is 0 Å². The smallest absolute Gasteiger partial charge is 0.205 e. The van der Waals surface area contributed by atoms with Gasteiger partial charge in [0.15, 0.2) is 0 Å². The van der Waals surface area contributed by atoms with E-state index in [0.29, 0.717) is 5.95 Å². The van der Waals surface area contributed by atoms with Gasteiger partial charge in [-0.15, -0.1) is 0 Å². The predicted octanol–water partition coefficient (Wildman–Crippen LogP) is 4.08. The van der Waals surface area contributed by atoms with Gasteiger partial charge in [-0.1, -0.05) is 12.1 Å². The number of methoxy groups -OCH3 is 1. The topological polar surface area (TPSA) is 49.9 Å². The van der Waals surface area contributed by atoms with Crippen LogP contribution in [0.5, 0.6) is 5.75 Å². The fourth-order valence-electron chi connectivity index (χ4n) is 1.86. The van der Waals surface area contributed by atoms with Gasteiger partial charge in [0.25, 0.3) is 0 Å². The van der Waals surface area contributed by atoms with Gasteiger partial charge in [-0.3, -0.25) is 0 Å². The number of aromatic nitrogens is 2. The third-order valence-corrected chi connectivity index (χ3v) is 3.47. The van der Waals surface area contributed by atoms with Gasteiger partial charge in [-0.2, -0.15) is 0 Å². The highest BCUT2D eigenvalue weighted by Crippen LogP contribution is 2.29. The number of nitrogens with zero attached hydrogens (tertiary/aromatic N) is 1. The van der Waals surface area contributed by atoms with E-state index in [-0.39, 0.29) is 0 Å². The van der Waals surface area contributed by atoms with Crippen LogP contribution in [0.1, 0.15) is 0 Å². The average molecular weight is 318 g/mol. The average Bonchev–Trinajstić information content (AvgIpc) is 2.83. The Morgan fingerprint density at radius 2 is 2.05 bits per heavy atom. The van der Waals surface area contributed by atoms with Crippen molar-refractivity contribution < 1.29 is 4.74 Å². The van der Waals surface area contributed by atoms with E-state index in [4.69, 9.17) is 4.74 Å². The standard InChI is InChI=1S/C14H12BrN3O/c1-19-9-6-7-11(10(15)8-9)16-14-17-12-4-2-3-5-13(12)18-14/h2-8H,1H3,(H2,16,17,18). The zero-order valence-corrected chi connectivity index (χ0v) is 11.9. The third-order valence-electron chi connectivity index (χ3n) is 2.82. The first-order chi connectivity index (χ1) is 9.26. The Morgan fingerprint density at radius 3 is 2.79 bits per heavy atom. The molecule has 2 aromatic carbocycles. The summed E-state index contributed by atoms with van der Waals surface area (Å²) >= 11 is 3.51. The highest BCUT2D eigenvalue weighted by molar-refractivity contribution is 9.10. The van der Waals surface area contributed by atoms with E-state index in [2.05, 4.69) is 31.2 Å². The molecule has 0 saturated heterocycles. The molecule has 4 nitrogen and oxygen atoms in total. The molecule has 0 unspecified atom stereocenters. The second-order valence-corrected chi connectivity index (χ2v) is 4.93. The van der Waals surface area contributed by atoms with Crippen molar-refractivity contribution in [1.82, 2.24) is 9.97 Å². The Hall–Kier alpha value is -2.01. The number of benzene rings is 2. The van der Waals surface area contributed by atoms with Crippen LogP contribution in [-0.2, 0) is 0 Å². The molecule has 0 atom stereocenters. The van der Waals surface area contributed by atoms with Crippen LogP contribution in [0.3, 0.4) is 0 Å². The number of aromatic amines is 1. The molecule has 19 heavy (non-hydrogen) atoms. The van der Waals surface area contributed by atoms with Crippen LogP contribution in [0.4, 0.5) is 11.6 Å². The molecule has 0 spiro atoms. The molecule has 0 aliphatic carbocycles. The van der Waals surface area contributed by atoms with Crippen LogP contribution in [0.25, 0.3) is 11.0 Å². The van der Waals surface area contributed by atoms with Gasteiger partial charge >= 0.3 is 0 Å². The molecule has 0 radical (unpaired) electrons. The number of fused-ring (bicyclic) bond motifs is 1. The molecule has 0 saturated carbocycles. The van der Waals surface area contributed by atoms with Gasteiger partial charge < -0.3 is 15.0 Å². The number of nitrogens with one attached hydrogen (secondary N) is 2. The van der Waals surface area contributed by atoms with E-state index < -0.39 is 0 Å². The summed E-state index contributed by atoms with van der Waals surface area (Å²) in [6.45, 7) is 0. The molecule has 96 valence electrons. The second-order valence-electron chi connectivity index (χ2n) is 4.07. The molecular weight excluding hydrogens is 306 g/mol. The Bertz CT molecular complexity index is 691. The van der Waals surface area contributed by atoms with Gasteiger partial charge in [-0.05, 0) is 46.3 Å². The zero-order valence-electron chi connectivity index (χ0n) is 10.3. The van der Waals surface area contributed by atoms with Gasteiger partial charge in [0, 0.05) is 4.47 Å². The van der Waals surface area contributed by atoms with Crippen LogP contribution in [0.2, 0.25) is 0 Å². The molecule has 1 heterocycles. The van der Waals surface area contributed by atoms with Crippen LogP contribution in [-0.4, -0.2) is 17.1 Å². The van der Waals surface area contributed by atoms with Crippen molar-refractivity contribution in [2.24, 2.45) is 0 Å². The van der Waals surface area contributed by atoms with E-state index in [1.54, 1.807) is 7.11 Å². The molecule has 3 aromatic rings. The lowest BCUT2D eigenvalue weighted by Gasteiger charge is -2.07. The minimum absolute atomic E-state index is 0.715. The van der Waals surface area contributed by atoms with Gasteiger partial charge in [0.1, 0.15) is 5.75 Å². The van der Waals surface area contributed by atoms with E-state index in [1.165, 1.54) is 0 Å². The number of halogens is 1. The molecular formula is C14H12BrN3O. The maximum atomic E-state index is 5.17. The minimum Gasteiger partial charge on any atom is -0.497 e. The van der Waals surface area contributed by atoms with Crippen molar-refractivity contribution >= 4 is 38.6 Å². The van der Waals surface area contributed by atoms with Crippen molar-refractivity contribution in [2.45, 2.75) is 0 Å². The second kappa shape index (κ2) is 4.93. The number of anilines is 2. The molecule has 1 aromatic heterocycles. The molecule has 2 N–H and O–H groups in total. The Kier molecular flexibility index (Phi) is 3.13. The number of para-hydroxylation sites is 2. The normalized spacial score (nSPS) is 10.6. The zero-order chi connectivity index (χ0) is 13.2. The van der Waals surface area contributed by atoms with Gasteiger partial charge in [-0.25, -0.2) is 4.98 Å². The predicted molar refractivity (Wildman–Crippen MR) is 80.1 cm³/mol. The minimum atomic E-state index is 0.715. The van der Waals surface area contributed by atoms with Crippen molar-refractivity contribution in [3.05, 3.63) is 46.9 Å². The summed E-state index contributed by atoms with van der Waals surface area (Å²) in [6.07, 6.45) is 0. The summed E-state index contributed by atoms with van der Waals surface area (Å²) in [5, 5.41) is 3.24. The van der Waals surface area contributed by atoms with E-state index in [9.17, 15) is 0 Å². The molecule has 0 aliphatic rings. The van der Waals surface area contributed by atoms with Crippen molar-refractivity contribution in [1.29, 1.82) is 0 Å². The lowest BCUT2D eigenvalue weighted by molar-refractivity contribution is 0.414. The Labute approximate surface area is 118 Å². The first-order valence-corrected chi connectivity index (χ1v) is 6.61. The van der Waals surface area contributed by atoms with Gasteiger partial charge in [0.2, 0.25) is 5.95 Å². The van der Waals surface area contributed by atoms with Crippen molar-refractivity contribution in [3.8, 4) is 5.75 Å². The molecule has 0 fully saturated rings. The quantitative estimate of drug-likeness (QED) is 0.765. The lowest BCUT2D eigenvalue weighted by Crippen LogP contribution is -1.93. The number of hydrogen-bond acceptors (Lipinski definition) is 3. The fourth-order valence-corrected chi connectivity index (χ4v) is 2.32. The summed E-state index contributed by atoms with van der Waals surface area (Å²) in [4.78, 5) is 7.70. The van der Waals surface area contributed by atoms with Crippen LogP contribution in [0.15, 0.2) is 46.9 Å². The highest BCUT2D eigenvalue weighted by atomic mass is 79.9. The maximum absolute atomic E-state index is 5.17. The Balaban J connectivity index is 1.92. The molecule has 0 bridgehead atoms. The molecule has 3 rings (SSSR count). The summed E-state index contributed by atoms with van der Waals surface area (Å²) in [7, 11) is 1.65. The molecule has 0 aliphatic heterocycles. The fraction of sp³-hybridized carbons (Fsp3) is 0.0714. The largest absolute Gasteiger partial charge is 0.497 e. The first kappa shape index (κ1) is 12.0. The van der Waals surface area contributed by atoms with Crippen LogP contribution >= 0.6 is 15.9 Å². The van der Waals surface area contributed by atoms with Gasteiger partial charge in [0.05, 0.1) is 23.8 Å². The van der Waals surface area contributed by atoms with Crippen molar-refractivity contribution in [3.63, 3.8) is 0 Å². The van der Waals surface area contributed by atoms with E-state index in [0.717, 1.165) is 26.9 Å². The molecule has 5 heteroatoms. The summed E-state index contributed by atoms with van der Waals surface area (Å²) in [6, 6.07) is 13.7. The summed E-state index contributed by atoms with van der Waals surface area (Å²) in [5.41, 5.74) is 2.88. The third kappa shape index (κ3) is 2.42. The van der Waals surface area contributed by atoms with E-state index in [1.807, 2.05) is 42.5 Å². The SMILES string of the molecule is COc1ccc(Nc2nc3ccccc3[nH]2)c(Br)c1. The lowest BCUT2D eigenvalue weighted by atomic mass is 10.3. The van der Waals surface area contributed by atoms with Crippen LogP contribution < -0.4 is 10.1 Å². The Morgan fingerprint density at radius 1 is 1.21 bits per heavy atom. The number of hydrogen-bond donors (Lipinski definition) is 2. The first-order valence-electron chi connectivity index (χ1n) is 5.81. The molecule has 0 amide bonds. The number of imidazole rings is 1. The number of rotatable bonds is 3. The number of H-pyrrole nitrogens is 1. The highest BCUT2D eigenvalue weighted by Gasteiger charge is 2.05. The maximum Gasteiger partial charge on any atom is 0.205 e. The number of ether oxygens (including phenoxy) is 1. The summed E-state index contributed by atoms with van der Waals surface area (Å²) < 4.78 is 6.09. The summed E-state index contributed by atoms with van der Waals surface area (Å²) in [5.74, 6) is 1.52. The van der Waals surface area contributed by atoms with Crippen molar-refractivity contribution in [2.75, 3.05) is 12.4 Å². The van der Waals surface area contributed by atoms with Crippen LogP contribution in [0, 0.1) is 0 Å².